The molecule has 1 aromatic heterocycles. The Hall–Kier alpha value is -3.60. The van der Waals surface area contributed by atoms with E-state index in [1.54, 1.807) is 19.4 Å². The van der Waals surface area contributed by atoms with Gasteiger partial charge >= 0.3 is 0 Å². The molecule has 170 valence electrons. The number of hydrogen-bond acceptors (Lipinski definition) is 6. The lowest BCUT2D eigenvalue weighted by molar-refractivity contribution is -0.136. The summed E-state index contributed by atoms with van der Waals surface area (Å²) >= 11 is 0. The normalized spacial score (nSPS) is 22.9. The highest BCUT2D eigenvalue weighted by atomic mass is 16.5. The SMILES string of the molecule is COc1cccc([C@H]2[C@H](C(=O)N3CCN(c4ccc(C#N)nc4)CC3)CC(=O)N2C2CC2)c1. The molecule has 2 aromatic rings. The molecule has 0 bridgehead atoms. The molecule has 2 amide bonds. The van der Waals surface area contributed by atoms with Crippen LogP contribution in [0, 0.1) is 17.2 Å². The summed E-state index contributed by atoms with van der Waals surface area (Å²) in [5.74, 6) is 0.481. The summed E-state index contributed by atoms with van der Waals surface area (Å²) in [4.78, 5) is 36.8. The number of nitrogens with zero attached hydrogens (tertiary/aromatic N) is 5. The zero-order valence-electron chi connectivity index (χ0n) is 18.7. The topological polar surface area (TPSA) is 89.8 Å². The third kappa shape index (κ3) is 4.11. The summed E-state index contributed by atoms with van der Waals surface area (Å²) in [6, 6.07) is 13.4. The van der Waals surface area contributed by atoms with E-state index in [-0.39, 0.29) is 36.2 Å². The average Bonchev–Trinajstić information content (AvgIpc) is 3.65. The van der Waals surface area contributed by atoms with E-state index in [4.69, 9.17) is 10.00 Å². The minimum Gasteiger partial charge on any atom is -0.497 e. The van der Waals surface area contributed by atoms with Crippen molar-refractivity contribution in [1.82, 2.24) is 14.8 Å². The molecule has 3 fully saturated rings. The Balaban J connectivity index is 1.32. The first kappa shape index (κ1) is 21.3. The van der Waals surface area contributed by atoms with Crippen LogP contribution in [0.25, 0.3) is 0 Å². The fraction of sp³-hybridized carbons (Fsp3) is 0.440. The van der Waals surface area contributed by atoms with Crippen LogP contribution in [0.5, 0.6) is 5.75 Å². The minimum absolute atomic E-state index is 0.0527. The van der Waals surface area contributed by atoms with E-state index in [1.165, 1.54) is 0 Å². The van der Waals surface area contributed by atoms with Crippen molar-refractivity contribution in [2.24, 2.45) is 5.92 Å². The summed E-state index contributed by atoms with van der Waals surface area (Å²) in [7, 11) is 1.63. The highest BCUT2D eigenvalue weighted by Crippen LogP contribution is 2.46. The van der Waals surface area contributed by atoms with Crippen molar-refractivity contribution in [3.05, 3.63) is 53.9 Å². The standard InChI is InChI=1S/C25H27N5O3/c1-33-21-4-2-3-17(13-21)24-22(14-23(31)30(24)19-7-8-19)25(32)29-11-9-28(10-12-29)20-6-5-18(15-26)27-16-20/h2-6,13,16,19,22,24H,7-12,14H2,1H3/t22-,24+/m1/s1. The van der Waals surface area contributed by atoms with Gasteiger partial charge in [0, 0.05) is 38.6 Å². The third-order valence-corrected chi connectivity index (χ3v) is 6.88. The van der Waals surface area contributed by atoms with Crippen LogP contribution in [0.2, 0.25) is 0 Å². The number of hydrogen-bond donors (Lipinski definition) is 0. The van der Waals surface area contributed by atoms with Crippen LogP contribution in [-0.4, -0.2) is 65.9 Å². The average molecular weight is 446 g/mol. The molecule has 1 aromatic carbocycles. The van der Waals surface area contributed by atoms with Gasteiger partial charge in [0.05, 0.1) is 31.0 Å². The van der Waals surface area contributed by atoms with Gasteiger partial charge in [-0.05, 0) is 42.7 Å². The molecule has 33 heavy (non-hydrogen) atoms. The number of piperazine rings is 1. The minimum atomic E-state index is -0.381. The van der Waals surface area contributed by atoms with Crippen LogP contribution in [0.4, 0.5) is 5.69 Å². The molecule has 5 rings (SSSR count). The first-order valence-electron chi connectivity index (χ1n) is 11.4. The first-order chi connectivity index (χ1) is 16.1. The third-order valence-electron chi connectivity index (χ3n) is 6.88. The zero-order chi connectivity index (χ0) is 22.9. The fourth-order valence-electron chi connectivity index (χ4n) is 5.04. The van der Waals surface area contributed by atoms with Crippen molar-refractivity contribution in [3.63, 3.8) is 0 Å². The lowest BCUT2D eigenvalue weighted by Crippen LogP contribution is -2.51. The summed E-state index contributed by atoms with van der Waals surface area (Å²) in [5, 5.41) is 8.94. The Morgan fingerprint density at radius 3 is 2.58 bits per heavy atom. The van der Waals surface area contributed by atoms with Crippen LogP contribution in [0.3, 0.4) is 0 Å². The molecule has 0 N–H and O–H groups in total. The number of pyridine rings is 1. The molecule has 2 atom stereocenters. The molecule has 1 saturated carbocycles. The molecular formula is C25H27N5O3. The Morgan fingerprint density at radius 2 is 1.94 bits per heavy atom. The number of ether oxygens (including phenoxy) is 1. The van der Waals surface area contributed by atoms with E-state index in [9.17, 15) is 9.59 Å². The van der Waals surface area contributed by atoms with E-state index < -0.39 is 0 Å². The summed E-state index contributed by atoms with van der Waals surface area (Å²) < 4.78 is 5.41. The van der Waals surface area contributed by atoms with Crippen molar-refractivity contribution in [2.45, 2.75) is 31.3 Å². The number of carbonyl (C=O) groups excluding carboxylic acids is 2. The number of likely N-dealkylation sites (tertiary alicyclic amines) is 1. The molecule has 0 spiro atoms. The fourth-order valence-corrected chi connectivity index (χ4v) is 5.04. The van der Waals surface area contributed by atoms with Crippen molar-refractivity contribution in [3.8, 4) is 11.8 Å². The Morgan fingerprint density at radius 1 is 1.15 bits per heavy atom. The van der Waals surface area contributed by atoms with Crippen LogP contribution >= 0.6 is 0 Å². The van der Waals surface area contributed by atoms with Crippen molar-refractivity contribution < 1.29 is 14.3 Å². The molecule has 3 heterocycles. The molecule has 8 nitrogen and oxygen atoms in total. The quantitative estimate of drug-likeness (QED) is 0.702. The summed E-state index contributed by atoms with van der Waals surface area (Å²) in [6.07, 6.45) is 3.98. The van der Waals surface area contributed by atoms with Gasteiger partial charge in [-0.15, -0.1) is 0 Å². The number of rotatable bonds is 5. The number of carbonyl (C=O) groups is 2. The van der Waals surface area contributed by atoms with Gasteiger partial charge in [-0.3, -0.25) is 9.59 Å². The van der Waals surface area contributed by atoms with Gasteiger partial charge in [0.2, 0.25) is 11.8 Å². The highest BCUT2D eigenvalue weighted by molar-refractivity contribution is 5.91. The second-order valence-electron chi connectivity index (χ2n) is 8.89. The van der Waals surface area contributed by atoms with E-state index in [0.717, 1.165) is 29.8 Å². The maximum Gasteiger partial charge on any atom is 0.228 e. The van der Waals surface area contributed by atoms with Crippen LogP contribution in [0.15, 0.2) is 42.6 Å². The van der Waals surface area contributed by atoms with Crippen LogP contribution in [-0.2, 0) is 9.59 Å². The number of amides is 2. The molecule has 0 unspecified atom stereocenters. The van der Waals surface area contributed by atoms with Crippen molar-refractivity contribution >= 4 is 17.5 Å². The zero-order valence-corrected chi connectivity index (χ0v) is 18.7. The predicted molar refractivity (Wildman–Crippen MR) is 121 cm³/mol. The molecule has 1 aliphatic carbocycles. The van der Waals surface area contributed by atoms with Gasteiger partial charge in [0.15, 0.2) is 0 Å². The second-order valence-corrected chi connectivity index (χ2v) is 8.89. The first-order valence-corrected chi connectivity index (χ1v) is 11.4. The van der Waals surface area contributed by atoms with E-state index in [0.29, 0.717) is 31.9 Å². The van der Waals surface area contributed by atoms with Gasteiger partial charge in [0.1, 0.15) is 17.5 Å². The van der Waals surface area contributed by atoms with Gasteiger partial charge in [0.25, 0.3) is 0 Å². The molecule has 8 heteroatoms. The van der Waals surface area contributed by atoms with E-state index in [2.05, 4.69) is 9.88 Å². The molecule has 3 aliphatic rings. The smallest absolute Gasteiger partial charge is 0.228 e. The maximum absolute atomic E-state index is 13.6. The second kappa shape index (κ2) is 8.74. The van der Waals surface area contributed by atoms with Gasteiger partial charge < -0.3 is 19.4 Å². The maximum atomic E-state index is 13.6. The molecule has 2 saturated heterocycles. The Labute approximate surface area is 193 Å². The Kier molecular flexibility index (Phi) is 5.63. The monoisotopic (exact) mass is 445 g/mol. The van der Waals surface area contributed by atoms with Crippen molar-refractivity contribution in [1.29, 1.82) is 5.26 Å². The van der Waals surface area contributed by atoms with Gasteiger partial charge in [-0.2, -0.15) is 5.26 Å². The van der Waals surface area contributed by atoms with Gasteiger partial charge in [-0.25, -0.2) is 4.98 Å². The number of benzene rings is 1. The highest BCUT2D eigenvalue weighted by Gasteiger charge is 2.50. The number of aromatic nitrogens is 1. The van der Waals surface area contributed by atoms with Crippen LogP contribution < -0.4 is 9.64 Å². The van der Waals surface area contributed by atoms with E-state index >= 15 is 0 Å². The molecule has 2 aliphatic heterocycles. The largest absolute Gasteiger partial charge is 0.497 e. The number of methoxy groups -OCH3 is 1. The molecule has 0 radical (unpaired) electrons. The summed E-state index contributed by atoms with van der Waals surface area (Å²) in [6.45, 7) is 2.57. The van der Waals surface area contributed by atoms with Crippen molar-refractivity contribution in [2.75, 3.05) is 38.2 Å². The number of anilines is 1. The van der Waals surface area contributed by atoms with E-state index in [1.807, 2.05) is 46.2 Å². The molecular weight excluding hydrogens is 418 g/mol. The predicted octanol–water partition coefficient (Wildman–Crippen LogP) is 2.36. The Bertz CT molecular complexity index is 1080. The van der Waals surface area contributed by atoms with Gasteiger partial charge in [-0.1, -0.05) is 12.1 Å². The lowest BCUT2D eigenvalue weighted by Gasteiger charge is -2.38. The lowest BCUT2D eigenvalue weighted by atomic mass is 9.91. The summed E-state index contributed by atoms with van der Waals surface area (Å²) in [5.41, 5.74) is 2.31. The number of nitriles is 1. The van der Waals surface area contributed by atoms with Crippen LogP contribution in [0.1, 0.15) is 36.6 Å².